The van der Waals surface area contributed by atoms with E-state index in [-0.39, 0.29) is 11.7 Å². The summed E-state index contributed by atoms with van der Waals surface area (Å²) < 4.78 is 19.0. The molecule has 0 unspecified atom stereocenters. The van der Waals surface area contributed by atoms with Crippen molar-refractivity contribution in [3.8, 4) is 0 Å². The molecule has 0 spiro atoms. The molecular formula is C19H27FN2O2. The lowest BCUT2D eigenvalue weighted by Crippen LogP contribution is -2.44. The molecule has 132 valence electrons. The summed E-state index contributed by atoms with van der Waals surface area (Å²) in [7, 11) is 0. The van der Waals surface area contributed by atoms with Crippen LogP contribution in [0, 0.1) is 11.7 Å². The van der Waals surface area contributed by atoms with Gasteiger partial charge in [0.15, 0.2) is 0 Å². The van der Waals surface area contributed by atoms with Crippen molar-refractivity contribution in [2.75, 3.05) is 45.9 Å². The fourth-order valence-electron chi connectivity index (χ4n) is 3.61. The van der Waals surface area contributed by atoms with Gasteiger partial charge in [-0.05, 0) is 36.8 Å². The van der Waals surface area contributed by atoms with E-state index < -0.39 is 0 Å². The molecule has 24 heavy (non-hydrogen) atoms. The van der Waals surface area contributed by atoms with Crippen molar-refractivity contribution >= 4 is 5.91 Å². The molecule has 4 nitrogen and oxygen atoms in total. The van der Waals surface area contributed by atoms with E-state index in [0.717, 1.165) is 58.8 Å². The number of likely N-dealkylation sites (tertiary alicyclic amines) is 1. The monoisotopic (exact) mass is 334 g/mol. The van der Waals surface area contributed by atoms with E-state index in [9.17, 15) is 9.18 Å². The Morgan fingerprint density at radius 2 is 1.83 bits per heavy atom. The number of ether oxygens (including phenoxy) is 1. The van der Waals surface area contributed by atoms with Gasteiger partial charge in [-0.15, -0.1) is 0 Å². The van der Waals surface area contributed by atoms with Crippen molar-refractivity contribution < 1.29 is 13.9 Å². The number of hydrogen-bond acceptors (Lipinski definition) is 3. The minimum atomic E-state index is -0.213. The molecule has 2 heterocycles. The number of carbonyl (C=O) groups is 1. The quantitative estimate of drug-likeness (QED) is 0.828. The lowest BCUT2D eigenvalue weighted by molar-refractivity contribution is -0.132. The number of amides is 1. The SMILES string of the molecule is O=C(CCc1ccccc1F)N1CCC(CN2CCOCC2)CC1. The smallest absolute Gasteiger partial charge is 0.222 e. The molecule has 1 aromatic rings. The van der Waals surface area contributed by atoms with Crippen LogP contribution in [0.15, 0.2) is 24.3 Å². The molecule has 0 radical (unpaired) electrons. The average Bonchev–Trinajstić information content (AvgIpc) is 2.62. The van der Waals surface area contributed by atoms with Crippen LogP contribution >= 0.6 is 0 Å². The van der Waals surface area contributed by atoms with E-state index >= 15 is 0 Å². The fourth-order valence-corrected chi connectivity index (χ4v) is 3.61. The number of carbonyl (C=O) groups excluding carboxylic acids is 1. The third kappa shape index (κ3) is 4.77. The molecular weight excluding hydrogens is 307 g/mol. The maximum absolute atomic E-state index is 13.6. The third-order valence-corrected chi connectivity index (χ3v) is 5.15. The number of hydrogen-bond donors (Lipinski definition) is 0. The van der Waals surface area contributed by atoms with E-state index in [1.54, 1.807) is 12.1 Å². The molecule has 0 aliphatic carbocycles. The first kappa shape index (κ1) is 17.4. The van der Waals surface area contributed by atoms with E-state index in [4.69, 9.17) is 4.74 Å². The summed E-state index contributed by atoms with van der Waals surface area (Å²) in [6, 6.07) is 6.72. The molecule has 3 rings (SSSR count). The van der Waals surface area contributed by atoms with Crippen LogP contribution in [-0.4, -0.2) is 61.6 Å². The number of nitrogens with zero attached hydrogens (tertiary/aromatic N) is 2. The summed E-state index contributed by atoms with van der Waals surface area (Å²) in [6.45, 7) is 6.54. The average molecular weight is 334 g/mol. The molecule has 2 saturated heterocycles. The number of rotatable bonds is 5. The van der Waals surface area contributed by atoms with Crippen LogP contribution in [0.1, 0.15) is 24.8 Å². The first-order valence-corrected chi connectivity index (χ1v) is 9.03. The summed E-state index contributed by atoms with van der Waals surface area (Å²) >= 11 is 0. The van der Waals surface area contributed by atoms with Crippen molar-refractivity contribution in [2.24, 2.45) is 5.92 Å². The van der Waals surface area contributed by atoms with Crippen LogP contribution in [0.5, 0.6) is 0 Å². The minimum Gasteiger partial charge on any atom is -0.379 e. The van der Waals surface area contributed by atoms with Gasteiger partial charge >= 0.3 is 0 Å². The first-order valence-electron chi connectivity index (χ1n) is 9.03. The Balaban J connectivity index is 1.39. The van der Waals surface area contributed by atoms with E-state index in [0.29, 0.717) is 24.3 Å². The zero-order valence-electron chi connectivity index (χ0n) is 14.3. The lowest BCUT2D eigenvalue weighted by Gasteiger charge is -2.36. The third-order valence-electron chi connectivity index (χ3n) is 5.15. The van der Waals surface area contributed by atoms with Crippen molar-refractivity contribution in [1.29, 1.82) is 0 Å². The van der Waals surface area contributed by atoms with Gasteiger partial charge in [0.05, 0.1) is 13.2 Å². The van der Waals surface area contributed by atoms with Crippen LogP contribution in [0.4, 0.5) is 4.39 Å². The predicted molar refractivity (Wildman–Crippen MR) is 91.3 cm³/mol. The molecule has 1 aromatic carbocycles. The second-order valence-corrected chi connectivity index (χ2v) is 6.83. The van der Waals surface area contributed by atoms with Gasteiger partial charge in [0, 0.05) is 39.1 Å². The molecule has 0 bridgehead atoms. The predicted octanol–water partition coefficient (Wildman–Crippen LogP) is 2.33. The number of aryl methyl sites for hydroxylation is 1. The zero-order valence-corrected chi connectivity index (χ0v) is 14.3. The molecule has 0 aromatic heterocycles. The Labute approximate surface area is 143 Å². The highest BCUT2D eigenvalue weighted by molar-refractivity contribution is 5.76. The molecule has 2 aliphatic rings. The molecule has 1 amide bonds. The minimum absolute atomic E-state index is 0.156. The summed E-state index contributed by atoms with van der Waals surface area (Å²) in [5, 5.41) is 0. The van der Waals surface area contributed by atoms with Gasteiger partial charge in [0.25, 0.3) is 0 Å². The number of morpholine rings is 1. The van der Waals surface area contributed by atoms with Gasteiger partial charge in [-0.2, -0.15) is 0 Å². The molecule has 0 saturated carbocycles. The summed E-state index contributed by atoms with van der Waals surface area (Å²) in [6.07, 6.45) is 3.03. The van der Waals surface area contributed by atoms with Crippen LogP contribution in [0.3, 0.4) is 0 Å². The normalized spacial score (nSPS) is 20.3. The topological polar surface area (TPSA) is 32.8 Å². The highest BCUT2D eigenvalue weighted by Crippen LogP contribution is 2.20. The van der Waals surface area contributed by atoms with Gasteiger partial charge in [-0.25, -0.2) is 4.39 Å². The largest absolute Gasteiger partial charge is 0.379 e. The van der Waals surface area contributed by atoms with Gasteiger partial charge in [-0.3, -0.25) is 9.69 Å². The highest BCUT2D eigenvalue weighted by atomic mass is 19.1. The van der Waals surface area contributed by atoms with Gasteiger partial charge in [0.2, 0.25) is 5.91 Å². The second kappa shape index (κ2) is 8.58. The Bertz CT molecular complexity index is 538. The van der Waals surface area contributed by atoms with Crippen molar-refractivity contribution in [1.82, 2.24) is 9.80 Å². The maximum atomic E-state index is 13.6. The van der Waals surface area contributed by atoms with Crippen LogP contribution in [0.25, 0.3) is 0 Å². The summed E-state index contributed by atoms with van der Waals surface area (Å²) in [4.78, 5) is 16.8. The number of benzene rings is 1. The Kier molecular flexibility index (Phi) is 6.21. The van der Waals surface area contributed by atoms with E-state index in [1.165, 1.54) is 6.07 Å². The van der Waals surface area contributed by atoms with Gasteiger partial charge < -0.3 is 9.64 Å². The Hall–Kier alpha value is -1.46. The van der Waals surface area contributed by atoms with E-state index in [2.05, 4.69) is 4.90 Å². The van der Waals surface area contributed by atoms with Crippen molar-refractivity contribution in [2.45, 2.75) is 25.7 Å². The Morgan fingerprint density at radius 1 is 1.12 bits per heavy atom. The van der Waals surface area contributed by atoms with Crippen LogP contribution in [0.2, 0.25) is 0 Å². The van der Waals surface area contributed by atoms with Crippen molar-refractivity contribution in [3.05, 3.63) is 35.6 Å². The maximum Gasteiger partial charge on any atom is 0.222 e. The van der Waals surface area contributed by atoms with Crippen LogP contribution < -0.4 is 0 Å². The van der Waals surface area contributed by atoms with Gasteiger partial charge in [-0.1, -0.05) is 18.2 Å². The van der Waals surface area contributed by atoms with Crippen molar-refractivity contribution in [3.63, 3.8) is 0 Å². The second-order valence-electron chi connectivity index (χ2n) is 6.83. The number of halogens is 1. The molecule has 0 N–H and O–H groups in total. The van der Waals surface area contributed by atoms with Gasteiger partial charge in [0.1, 0.15) is 5.82 Å². The first-order chi connectivity index (χ1) is 11.7. The molecule has 0 atom stereocenters. The molecule has 2 aliphatic heterocycles. The highest BCUT2D eigenvalue weighted by Gasteiger charge is 2.24. The molecule has 2 fully saturated rings. The zero-order chi connectivity index (χ0) is 16.8. The lowest BCUT2D eigenvalue weighted by atomic mass is 9.95. The van der Waals surface area contributed by atoms with E-state index in [1.807, 2.05) is 11.0 Å². The summed E-state index contributed by atoms with van der Waals surface area (Å²) in [5.74, 6) is 0.622. The Morgan fingerprint density at radius 3 is 2.54 bits per heavy atom. The fraction of sp³-hybridized carbons (Fsp3) is 0.632. The standard InChI is InChI=1S/C19H27FN2O2/c20-18-4-2-1-3-17(18)5-6-19(23)22-9-7-16(8-10-22)15-21-11-13-24-14-12-21/h1-4,16H,5-15H2. The van der Waals surface area contributed by atoms with Crippen LogP contribution in [-0.2, 0) is 16.0 Å². The number of piperidine rings is 1. The summed E-state index contributed by atoms with van der Waals surface area (Å²) in [5.41, 5.74) is 0.632. The molecule has 5 heteroatoms.